The van der Waals surface area contributed by atoms with E-state index in [4.69, 9.17) is 9.57 Å². The third-order valence-corrected chi connectivity index (χ3v) is 5.95. The van der Waals surface area contributed by atoms with Gasteiger partial charge in [0.1, 0.15) is 30.0 Å². The number of alkyl halides is 2. The van der Waals surface area contributed by atoms with Crippen LogP contribution in [0.25, 0.3) is 0 Å². The van der Waals surface area contributed by atoms with Gasteiger partial charge in [-0.05, 0) is 25.5 Å². The highest BCUT2D eigenvalue weighted by Crippen LogP contribution is 2.29. The zero-order chi connectivity index (χ0) is 25.4. The second-order valence-corrected chi connectivity index (χ2v) is 8.61. The predicted molar refractivity (Wildman–Crippen MR) is 115 cm³/mol. The van der Waals surface area contributed by atoms with Gasteiger partial charge < -0.3 is 15.0 Å². The molecule has 0 fully saturated rings. The number of hydrogen-bond acceptors (Lipinski definition) is 5. The van der Waals surface area contributed by atoms with Gasteiger partial charge in [0, 0.05) is 31.1 Å². The second kappa shape index (κ2) is 9.82. The minimum atomic E-state index is -2.63. The van der Waals surface area contributed by atoms with Gasteiger partial charge in [-0.25, -0.2) is 27.4 Å². The number of carbonyl (C=O) groups is 2. The highest BCUT2D eigenvalue weighted by molar-refractivity contribution is 5.94. The van der Waals surface area contributed by atoms with E-state index in [0.29, 0.717) is 23.7 Å². The van der Waals surface area contributed by atoms with E-state index in [1.54, 1.807) is 6.92 Å². The summed E-state index contributed by atoms with van der Waals surface area (Å²) in [5.41, 5.74) is 1.38. The van der Waals surface area contributed by atoms with E-state index >= 15 is 0 Å². The number of nitrogens with one attached hydrogen (secondary N) is 1. The minimum Gasteiger partial charge on any atom is -0.373 e. The number of benzene rings is 1. The number of hydroxylamine groups is 2. The van der Waals surface area contributed by atoms with Crippen LogP contribution in [0, 0.1) is 18.6 Å². The monoisotopic (exact) mass is 499 g/mol. The Morgan fingerprint density at radius 1 is 1.31 bits per heavy atom. The Kier molecular flexibility index (Phi) is 6.99. The van der Waals surface area contributed by atoms with E-state index < -0.39 is 42.7 Å². The number of amides is 3. The van der Waals surface area contributed by atoms with Gasteiger partial charge in [-0.1, -0.05) is 0 Å². The molecule has 2 unspecified atom stereocenters. The molecule has 0 spiro atoms. The largest absolute Gasteiger partial charge is 0.373 e. The number of fused-ring (bicyclic) bond motifs is 3. The molecule has 190 valence electrons. The molecule has 13 heteroatoms. The minimum absolute atomic E-state index is 0.0194. The van der Waals surface area contributed by atoms with Crippen LogP contribution in [0.2, 0.25) is 0 Å². The zero-order valence-corrected chi connectivity index (χ0v) is 19.4. The van der Waals surface area contributed by atoms with Gasteiger partial charge in [0.15, 0.2) is 0 Å². The fourth-order valence-electron chi connectivity index (χ4n) is 4.20. The third-order valence-electron chi connectivity index (χ3n) is 5.95. The maximum absolute atomic E-state index is 14.2. The molecule has 2 atom stereocenters. The zero-order valence-electron chi connectivity index (χ0n) is 19.4. The molecule has 2 aliphatic rings. The van der Waals surface area contributed by atoms with Crippen LogP contribution in [0.5, 0.6) is 0 Å². The lowest BCUT2D eigenvalue weighted by Crippen LogP contribution is -2.45. The average Bonchev–Trinajstić information content (AvgIpc) is 3.06. The summed E-state index contributed by atoms with van der Waals surface area (Å²) in [5, 5.41) is 7.99. The van der Waals surface area contributed by atoms with Gasteiger partial charge in [-0.3, -0.25) is 14.3 Å². The second-order valence-electron chi connectivity index (χ2n) is 8.61. The predicted octanol–water partition coefficient (Wildman–Crippen LogP) is 3.12. The van der Waals surface area contributed by atoms with E-state index in [1.807, 2.05) is 0 Å². The topological polar surface area (TPSA) is 88.9 Å². The summed E-state index contributed by atoms with van der Waals surface area (Å²) in [4.78, 5) is 33.0. The fraction of sp³-hybridized carbons (Fsp3) is 0.500. The van der Waals surface area contributed by atoms with Crippen molar-refractivity contribution in [1.29, 1.82) is 0 Å². The van der Waals surface area contributed by atoms with Crippen LogP contribution in [0.15, 0.2) is 12.1 Å². The molecule has 1 N–H and O–H groups in total. The number of carbonyl (C=O) groups excluding carboxylic acids is 2. The Labute approximate surface area is 198 Å². The Balaban J connectivity index is 1.56. The van der Waals surface area contributed by atoms with Crippen molar-refractivity contribution >= 4 is 17.6 Å². The van der Waals surface area contributed by atoms with Crippen molar-refractivity contribution < 1.29 is 36.7 Å². The molecule has 4 rings (SSSR count). The highest BCUT2D eigenvalue weighted by Gasteiger charge is 2.37. The van der Waals surface area contributed by atoms with Crippen molar-refractivity contribution in [3.05, 3.63) is 46.3 Å². The van der Waals surface area contributed by atoms with Crippen molar-refractivity contribution in [1.82, 2.24) is 19.7 Å². The summed E-state index contributed by atoms with van der Waals surface area (Å²) < 4.78 is 59.0. The van der Waals surface area contributed by atoms with Crippen molar-refractivity contribution in [2.45, 2.75) is 51.9 Å². The summed E-state index contributed by atoms with van der Waals surface area (Å²) in [6, 6.07) is 0.967. The molecule has 2 aromatic rings. The van der Waals surface area contributed by atoms with Crippen molar-refractivity contribution in [3.63, 3.8) is 0 Å². The third kappa shape index (κ3) is 5.10. The number of urea groups is 1. The van der Waals surface area contributed by atoms with Crippen LogP contribution in [0.4, 0.5) is 28.0 Å². The van der Waals surface area contributed by atoms with E-state index in [0.717, 1.165) is 5.06 Å². The highest BCUT2D eigenvalue weighted by atomic mass is 19.3. The number of ether oxygens (including phenoxy) is 1. The fourth-order valence-corrected chi connectivity index (χ4v) is 4.20. The molecule has 0 aliphatic carbocycles. The molecule has 3 amide bonds. The SMILES string of the molecule is Cc1cc(NC(=O)N2Cc3c(nn4c3C(=O)N(C)OC(COCC(F)F)C4)CC2C)c(F)cc1F. The summed E-state index contributed by atoms with van der Waals surface area (Å²) >= 11 is 0. The van der Waals surface area contributed by atoms with Gasteiger partial charge in [0.25, 0.3) is 12.3 Å². The molecule has 0 saturated carbocycles. The average molecular weight is 499 g/mol. The molecule has 0 bridgehead atoms. The van der Waals surface area contributed by atoms with Gasteiger partial charge in [-0.2, -0.15) is 5.10 Å². The maximum atomic E-state index is 14.2. The number of aryl methyl sites for hydroxylation is 1. The van der Waals surface area contributed by atoms with Crippen LogP contribution < -0.4 is 5.32 Å². The Morgan fingerprint density at radius 3 is 2.77 bits per heavy atom. The summed E-state index contributed by atoms with van der Waals surface area (Å²) in [6.07, 6.45) is -3.02. The lowest BCUT2D eigenvalue weighted by atomic mass is 9.99. The summed E-state index contributed by atoms with van der Waals surface area (Å²) in [6.45, 7) is 2.43. The first-order valence-corrected chi connectivity index (χ1v) is 11.0. The van der Waals surface area contributed by atoms with Crippen LogP contribution in [-0.4, -0.2) is 70.5 Å². The number of anilines is 1. The molecule has 1 aromatic heterocycles. The Hall–Kier alpha value is -3.19. The quantitative estimate of drug-likeness (QED) is 0.639. The normalized spacial score (nSPS) is 20.1. The molecule has 35 heavy (non-hydrogen) atoms. The molecular formula is C22H25F4N5O4. The van der Waals surface area contributed by atoms with Crippen LogP contribution in [0.1, 0.15) is 34.2 Å². The van der Waals surface area contributed by atoms with E-state index in [-0.39, 0.29) is 42.7 Å². The van der Waals surface area contributed by atoms with Crippen molar-refractivity contribution in [3.8, 4) is 0 Å². The molecule has 1 aromatic carbocycles. The van der Waals surface area contributed by atoms with E-state index in [9.17, 15) is 27.2 Å². The van der Waals surface area contributed by atoms with E-state index in [2.05, 4.69) is 10.4 Å². The number of halogens is 4. The Morgan fingerprint density at radius 2 is 2.06 bits per heavy atom. The standard InChI is InChI=1S/C22H25F4N5O4/c1-11-4-18(16(24)6-15(11)23)27-22(33)30-8-14-17(5-12(30)2)28-31-7-13(9-34-10-19(25)26)35-29(3)21(32)20(14)31/h4,6,12-13,19H,5,7-10H2,1-3H3,(H,27,33). The summed E-state index contributed by atoms with van der Waals surface area (Å²) in [7, 11) is 1.40. The van der Waals surface area contributed by atoms with Crippen LogP contribution in [-0.2, 0) is 29.1 Å². The van der Waals surface area contributed by atoms with Crippen molar-refractivity contribution in [2.75, 3.05) is 25.6 Å². The molecule has 0 saturated heterocycles. The first-order chi connectivity index (χ1) is 16.5. The first-order valence-electron chi connectivity index (χ1n) is 11.0. The Bertz CT molecular complexity index is 1140. The van der Waals surface area contributed by atoms with Gasteiger partial charge >= 0.3 is 6.03 Å². The van der Waals surface area contributed by atoms with Gasteiger partial charge in [-0.15, -0.1) is 0 Å². The first kappa shape index (κ1) is 24.9. The van der Waals surface area contributed by atoms with Gasteiger partial charge in [0.2, 0.25) is 0 Å². The lowest BCUT2D eigenvalue weighted by Gasteiger charge is -2.33. The number of aromatic nitrogens is 2. The van der Waals surface area contributed by atoms with Crippen LogP contribution in [0.3, 0.4) is 0 Å². The number of hydrogen-bond donors (Lipinski definition) is 1. The molecular weight excluding hydrogens is 474 g/mol. The molecule has 0 radical (unpaired) electrons. The van der Waals surface area contributed by atoms with Crippen LogP contribution >= 0.6 is 0 Å². The molecule has 9 nitrogen and oxygen atoms in total. The molecule has 2 aliphatic heterocycles. The van der Waals surface area contributed by atoms with E-state index in [1.165, 1.54) is 29.6 Å². The number of nitrogens with zero attached hydrogens (tertiary/aromatic N) is 4. The van der Waals surface area contributed by atoms with Crippen molar-refractivity contribution in [2.24, 2.45) is 0 Å². The maximum Gasteiger partial charge on any atom is 0.322 e. The number of rotatable bonds is 5. The smallest absolute Gasteiger partial charge is 0.322 e. The van der Waals surface area contributed by atoms with Gasteiger partial charge in [0.05, 0.1) is 31.1 Å². The molecule has 3 heterocycles. The lowest BCUT2D eigenvalue weighted by molar-refractivity contribution is -0.169. The summed E-state index contributed by atoms with van der Waals surface area (Å²) in [5.74, 6) is -2.13.